The number of carbonyl (C=O) groups is 2. The molecule has 1 amide bonds. The Hall–Kier alpha value is -1.10. The van der Waals surface area contributed by atoms with Crippen LogP contribution >= 0.6 is 0 Å². The molecule has 0 unspecified atom stereocenters. The summed E-state index contributed by atoms with van der Waals surface area (Å²) in [5.41, 5.74) is 0. The van der Waals surface area contributed by atoms with Crippen LogP contribution in [-0.2, 0) is 14.3 Å². The molecule has 18 heavy (non-hydrogen) atoms. The van der Waals surface area contributed by atoms with Crippen molar-refractivity contribution in [2.45, 2.75) is 39.2 Å². The summed E-state index contributed by atoms with van der Waals surface area (Å²) in [6.45, 7) is 5.13. The van der Waals surface area contributed by atoms with E-state index in [4.69, 9.17) is 9.84 Å². The summed E-state index contributed by atoms with van der Waals surface area (Å²) in [4.78, 5) is 24.9. The number of amides is 1. The van der Waals surface area contributed by atoms with Gasteiger partial charge in [-0.1, -0.05) is 13.8 Å². The summed E-state index contributed by atoms with van der Waals surface area (Å²) in [6.07, 6.45) is 2.25. The highest BCUT2D eigenvalue weighted by Crippen LogP contribution is 2.40. The number of hydrogen-bond acceptors (Lipinski definition) is 3. The fourth-order valence-corrected chi connectivity index (χ4v) is 2.35. The van der Waals surface area contributed by atoms with Crippen molar-refractivity contribution in [2.75, 3.05) is 20.3 Å². The van der Waals surface area contributed by atoms with Crippen LogP contribution in [0.5, 0.6) is 0 Å². The lowest BCUT2D eigenvalue weighted by molar-refractivity contribution is -0.143. The molecule has 0 aromatic carbocycles. The number of carboxylic acids is 1. The van der Waals surface area contributed by atoms with Crippen LogP contribution in [0.3, 0.4) is 0 Å². The molecule has 0 aromatic heterocycles. The monoisotopic (exact) mass is 257 g/mol. The third-order valence-electron chi connectivity index (χ3n) is 3.63. The van der Waals surface area contributed by atoms with Crippen molar-refractivity contribution in [1.82, 2.24) is 4.90 Å². The summed E-state index contributed by atoms with van der Waals surface area (Å²) < 4.78 is 5.03. The molecule has 0 saturated heterocycles. The molecule has 0 bridgehead atoms. The number of rotatable bonds is 8. The van der Waals surface area contributed by atoms with Crippen molar-refractivity contribution in [2.24, 2.45) is 11.8 Å². The number of ether oxygens (including phenoxy) is 1. The van der Waals surface area contributed by atoms with Gasteiger partial charge in [-0.15, -0.1) is 0 Å². The van der Waals surface area contributed by atoms with Gasteiger partial charge in [-0.05, 0) is 19.3 Å². The molecule has 1 aliphatic carbocycles. The molecule has 0 heterocycles. The van der Waals surface area contributed by atoms with E-state index >= 15 is 0 Å². The molecule has 1 fully saturated rings. The summed E-state index contributed by atoms with van der Waals surface area (Å²) in [6, 6.07) is 0.183. The Balaban J connectivity index is 2.64. The van der Waals surface area contributed by atoms with E-state index in [1.54, 1.807) is 12.0 Å². The van der Waals surface area contributed by atoms with Crippen molar-refractivity contribution in [3.8, 4) is 0 Å². The molecule has 5 heteroatoms. The van der Waals surface area contributed by atoms with E-state index in [1.165, 1.54) is 0 Å². The predicted octanol–water partition coefficient (Wildman–Crippen LogP) is 1.37. The largest absolute Gasteiger partial charge is 0.481 e. The molecule has 1 saturated carbocycles. The first-order valence-corrected chi connectivity index (χ1v) is 6.58. The first-order chi connectivity index (χ1) is 8.56. The molecule has 5 nitrogen and oxygen atoms in total. The van der Waals surface area contributed by atoms with Gasteiger partial charge in [0, 0.05) is 19.7 Å². The zero-order valence-corrected chi connectivity index (χ0v) is 11.4. The summed E-state index contributed by atoms with van der Waals surface area (Å²) in [7, 11) is 1.60. The van der Waals surface area contributed by atoms with Crippen LogP contribution in [-0.4, -0.2) is 48.2 Å². The zero-order chi connectivity index (χ0) is 13.7. The maximum absolute atomic E-state index is 12.3. The minimum Gasteiger partial charge on any atom is -0.481 e. The smallest absolute Gasteiger partial charge is 0.307 e. The maximum Gasteiger partial charge on any atom is 0.307 e. The van der Waals surface area contributed by atoms with Gasteiger partial charge < -0.3 is 14.7 Å². The van der Waals surface area contributed by atoms with Gasteiger partial charge in [0.25, 0.3) is 0 Å². The Kier molecular flexibility index (Phi) is 5.59. The molecule has 0 aromatic rings. The van der Waals surface area contributed by atoms with Gasteiger partial charge in [0.05, 0.1) is 18.4 Å². The van der Waals surface area contributed by atoms with E-state index in [-0.39, 0.29) is 17.9 Å². The van der Waals surface area contributed by atoms with Crippen molar-refractivity contribution >= 4 is 11.9 Å². The van der Waals surface area contributed by atoms with E-state index in [0.717, 1.165) is 12.8 Å². The lowest BCUT2D eigenvalue weighted by Crippen LogP contribution is -2.43. The van der Waals surface area contributed by atoms with Gasteiger partial charge >= 0.3 is 5.97 Å². The topological polar surface area (TPSA) is 66.8 Å². The molecule has 0 spiro atoms. The summed E-state index contributed by atoms with van der Waals surface area (Å²) in [5, 5.41) is 8.89. The number of nitrogens with zero attached hydrogens (tertiary/aromatic N) is 1. The van der Waals surface area contributed by atoms with Gasteiger partial charge in [-0.3, -0.25) is 9.59 Å². The highest BCUT2D eigenvalue weighted by molar-refractivity contribution is 5.89. The first kappa shape index (κ1) is 15.0. The highest BCUT2D eigenvalue weighted by atomic mass is 16.5. The van der Waals surface area contributed by atoms with Gasteiger partial charge in [-0.2, -0.15) is 0 Å². The van der Waals surface area contributed by atoms with Crippen molar-refractivity contribution in [1.29, 1.82) is 0 Å². The molecule has 0 aliphatic heterocycles. The maximum atomic E-state index is 12.3. The van der Waals surface area contributed by atoms with Crippen LogP contribution < -0.4 is 0 Å². The van der Waals surface area contributed by atoms with E-state index in [9.17, 15) is 9.59 Å². The second-order valence-corrected chi connectivity index (χ2v) is 4.78. The Labute approximate surface area is 108 Å². The molecule has 1 N–H and O–H groups in total. The number of aliphatic carboxylic acids is 1. The quantitative estimate of drug-likeness (QED) is 0.713. The van der Waals surface area contributed by atoms with Crippen LogP contribution in [0.1, 0.15) is 33.1 Å². The average Bonchev–Trinajstić information content (AvgIpc) is 3.14. The van der Waals surface area contributed by atoms with E-state index in [0.29, 0.717) is 19.6 Å². The number of carboxylic acid groups (broad SMARTS) is 1. The molecular weight excluding hydrogens is 234 g/mol. The van der Waals surface area contributed by atoms with Gasteiger partial charge in [0.15, 0.2) is 0 Å². The van der Waals surface area contributed by atoms with Crippen LogP contribution in [0.15, 0.2) is 0 Å². The lowest BCUT2D eigenvalue weighted by Gasteiger charge is -2.30. The molecule has 2 atom stereocenters. The molecular formula is C13H23NO4. The number of hydrogen-bond donors (Lipinski definition) is 1. The summed E-state index contributed by atoms with van der Waals surface area (Å²) in [5.74, 6) is -1.67. The minimum atomic E-state index is -0.857. The van der Waals surface area contributed by atoms with Gasteiger partial charge in [-0.25, -0.2) is 0 Å². The SMILES string of the molecule is CCC(CC)N(CCOC)C(=O)[C@H]1C[C@@H]1C(=O)O. The number of carbonyl (C=O) groups excluding carboxylic acids is 1. The normalized spacial score (nSPS) is 22.0. The van der Waals surface area contributed by atoms with Crippen LogP contribution in [0, 0.1) is 11.8 Å². The fourth-order valence-electron chi connectivity index (χ4n) is 2.35. The second-order valence-electron chi connectivity index (χ2n) is 4.78. The van der Waals surface area contributed by atoms with Crippen LogP contribution in [0.2, 0.25) is 0 Å². The molecule has 104 valence electrons. The predicted molar refractivity (Wildman–Crippen MR) is 67.2 cm³/mol. The van der Waals surface area contributed by atoms with E-state index in [2.05, 4.69) is 0 Å². The fraction of sp³-hybridized carbons (Fsp3) is 0.846. The number of methoxy groups -OCH3 is 1. The standard InChI is InChI=1S/C13H23NO4/c1-4-9(5-2)14(6-7-18-3)12(15)10-8-11(10)13(16)17/h9-11H,4-8H2,1-3H3,(H,16,17)/t10-,11-/m0/s1. The van der Waals surface area contributed by atoms with Crippen LogP contribution in [0.25, 0.3) is 0 Å². The molecule has 1 rings (SSSR count). The van der Waals surface area contributed by atoms with E-state index < -0.39 is 11.9 Å². The second kappa shape index (κ2) is 6.73. The van der Waals surface area contributed by atoms with Gasteiger partial charge in [0.2, 0.25) is 5.91 Å². The Morgan fingerprint density at radius 2 is 1.94 bits per heavy atom. The Morgan fingerprint density at radius 1 is 1.33 bits per heavy atom. The highest BCUT2D eigenvalue weighted by Gasteiger charge is 2.50. The van der Waals surface area contributed by atoms with E-state index in [1.807, 2.05) is 13.8 Å². The van der Waals surface area contributed by atoms with Crippen molar-refractivity contribution in [3.05, 3.63) is 0 Å². The third-order valence-corrected chi connectivity index (χ3v) is 3.63. The zero-order valence-electron chi connectivity index (χ0n) is 11.4. The molecule has 0 radical (unpaired) electrons. The summed E-state index contributed by atoms with van der Waals surface area (Å²) >= 11 is 0. The minimum absolute atomic E-state index is 0.0202. The van der Waals surface area contributed by atoms with Crippen molar-refractivity contribution in [3.63, 3.8) is 0 Å². The average molecular weight is 257 g/mol. The lowest BCUT2D eigenvalue weighted by atomic mass is 10.1. The van der Waals surface area contributed by atoms with Gasteiger partial charge in [0.1, 0.15) is 0 Å². The van der Waals surface area contributed by atoms with Crippen molar-refractivity contribution < 1.29 is 19.4 Å². The Morgan fingerprint density at radius 3 is 2.33 bits per heavy atom. The third kappa shape index (κ3) is 3.45. The Bertz CT molecular complexity index is 301. The molecule has 1 aliphatic rings. The van der Waals surface area contributed by atoms with Crippen LogP contribution in [0.4, 0.5) is 0 Å². The first-order valence-electron chi connectivity index (χ1n) is 6.58.